The van der Waals surface area contributed by atoms with Crippen LogP contribution >= 0.6 is 0 Å². The van der Waals surface area contributed by atoms with Crippen LogP contribution < -0.4 is 9.47 Å². The third-order valence-electron chi connectivity index (χ3n) is 7.10. The Kier molecular flexibility index (Phi) is 6.54. The molecule has 0 radical (unpaired) electrons. The van der Waals surface area contributed by atoms with E-state index in [1.165, 1.54) is 12.8 Å². The molecule has 0 N–H and O–H groups in total. The van der Waals surface area contributed by atoms with E-state index in [0.29, 0.717) is 29.9 Å². The SMILES string of the molecule is CN(Cc1cccc(O[C@H]2C[C@H]3CC[C@@H](C2)N3C)c1)C(=O)c1ccc(Oc2ccccc2)cc1. The van der Waals surface area contributed by atoms with Crippen molar-refractivity contribution in [1.29, 1.82) is 0 Å². The Labute approximate surface area is 201 Å². The fourth-order valence-electron chi connectivity index (χ4n) is 5.22. The van der Waals surface area contributed by atoms with E-state index in [1.807, 2.05) is 79.8 Å². The summed E-state index contributed by atoms with van der Waals surface area (Å²) in [7, 11) is 4.08. The van der Waals surface area contributed by atoms with Gasteiger partial charge in [-0.3, -0.25) is 4.79 Å². The first-order valence-electron chi connectivity index (χ1n) is 12.1. The summed E-state index contributed by atoms with van der Waals surface area (Å²) >= 11 is 0. The predicted molar refractivity (Wildman–Crippen MR) is 133 cm³/mol. The van der Waals surface area contributed by atoms with Crippen LogP contribution in [-0.4, -0.2) is 48.0 Å². The van der Waals surface area contributed by atoms with Crippen LogP contribution in [0.1, 0.15) is 41.6 Å². The van der Waals surface area contributed by atoms with Gasteiger partial charge in [0.2, 0.25) is 0 Å². The van der Waals surface area contributed by atoms with Crippen LogP contribution in [0.25, 0.3) is 0 Å². The van der Waals surface area contributed by atoms with E-state index in [0.717, 1.165) is 29.9 Å². The highest BCUT2D eigenvalue weighted by Crippen LogP contribution is 2.36. The molecule has 0 aromatic heterocycles. The Morgan fingerprint density at radius 2 is 1.53 bits per heavy atom. The number of para-hydroxylation sites is 1. The molecule has 2 fully saturated rings. The standard InChI is InChI=1S/C29H32N2O3/c1-30(29(32)22-11-15-26(16-12-22)33-25-8-4-3-5-9-25)20-21-7-6-10-27(17-21)34-28-18-23-13-14-24(19-28)31(23)2/h3-12,15-17,23-24,28H,13-14,18-20H2,1-2H3/t23-,24+,28+. The van der Waals surface area contributed by atoms with E-state index in [1.54, 1.807) is 4.90 Å². The number of carbonyl (C=O) groups is 1. The maximum Gasteiger partial charge on any atom is 0.253 e. The summed E-state index contributed by atoms with van der Waals surface area (Å²) in [6.45, 7) is 0.525. The van der Waals surface area contributed by atoms with Gasteiger partial charge in [-0.15, -0.1) is 0 Å². The van der Waals surface area contributed by atoms with Gasteiger partial charge in [0.1, 0.15) is 23.4 Å². The van der Waals surface area contributed by atoms with Crippen molar-refractivity contribution >= 4 is 5.91 Å². The maximum absolute atomic E-state index is 13.0. The summed E-state index contributed by atoms with van der Waals surface area (Å²) in [5, 5.41) is 0. The molecule has 2 aliphatic rings. The number of fused-ring (bicyclic) bond motifs is 2. The normalized spacial score (nSPS) is 21.8. The van der Waals surface area contributed by atoms with Gasteiger partial charge in [-0.05, 0) is 86.8 Å². The third kappa shape index (κ3) is 5.10. The van der Waals surface area contributed by atoms with Gasteiger partial charge in [-0.25, -0.2) is 0 Å². The van der Waals surface area contributed by atoms with Crippen LogP contribution in [0.4, 0.5) is 0 Å². The number of nitrogens with zero attached hydrogens (tertiary/aromatic N) is 2. The van der Waals surface area contributed by atoms with Gasteiger partial charge in [-0.2, -0.15) is 0 Å². The lowest BCUT2D eigenvalue weighted by atomic mass is 10.0. The molecule has 34 heavy (non-hydrogen) atoms. The van der Waals surface area contributed by atoms with E-state index in [2.05, 4.69) is 18.0 Å². The summed E-state index contributed by atoms with van der Waals surface area (Å²) in [6, 6.07) is 26.4. The smallest absolute Gasteiger partial charge is 0.253 e. The molecule has 1 amide bonds. The van der Waals surface area contributed by atoms with Crippen molar-refractivity contribution < 1.29 is 14.3 Å². The zero-order valence-electron chi connectivity index (χ0n) is 19.9. The minimum absolute atomic E-state index is 0.0236. The van der Waals surface area contributed by atoms with E-state index in [9.17, 15) is 4.79 Å². The zero-order valence-corrected chi connectivity index (χ0v) is 19.9. The molecule has 0 spiro atoms. The Bertz CT molecular complexity index is 1100. The van der Waals surface area contributed by atoms with Gasteiger partial charge in [0.15, 0.2) is 0 Å². The summed E-state index contributed by atoms with van der Waals surface area (Å²) in [5.41, 5.74) is 1.70. The molecule has 3 aromatic carbocycles. The van der Waals surface area contributed by atoms with Crippen LogP contribution in [0.3, 0.4) is 0 Å². The molecular weight excluding hydrogens is 424 g/mol. The van der Waals surface area contributed by atoms with Crippen LogP contribution in [0.2, 0.25) is 0 Å². The quantitative estimate of drug-likeness (QED) is 0.454. The third-order valence-corrected chi connectivity index (χ3v) is 7.10. The molecule has 0 aliphatic carbocycles. The van der Waals surface area contributed by atoms with Crippen LogP contribution in [0.15, 0.2) is 78.9 Å². The molecule has 5 heteroatoms. The van der Waals surface area contributed by atoms with Gasteiger partial charge < -0.3 is 19.3 Å². The van der Waals surface area contributed by atoms with Gasteiger partial charge >= 0.3 is 0 Å². The van der Waals surface area contributed by atoms with Crippen molar-refractivity contribution in [3.8, 4) is 17.2 Å². The second kappa shape index (κ2) is 9.90. The predicted octanol–water partition coefficient (Wildman–Crippen LogP) is 5.76. The summed E-state index contributed by atoms with van der Waals surface area (Å²) in [6.07, 6.45) is 5.04. The minimum atomic E-state index is -0.0236. The lowest BCUT2D eigenvalue weighted by Crippen LogP contribution is -2.43. The topological polar surface area (TPSA) is 42.0 Å². The number of hydrogen-bond acceptors (Lipinski definition) is 4. The largest absolute Gasteiger partial charge is 0.490 e. The Balaban J connectivity index is 1.18. The number of ether oxygens (including phenoxy) is 2. The van der Waals surface area contributed by atoms with Crippen molar-refractivity contribution in [3.05, 3.63) is 90.0 Å². The molecule has 3 aromatic rings. The highest BCUT2D eigenvalue weighted by Gasteiger charge is 2.39. The number of rotatable bonds is 7. The molecular formula is C29H32N2O3. The maximum atomic E-state index is 13.0. The second-order valence-corrected chi connectivity index (χ2v) is 9.51. The van der Waals surface area contributed by atoms with Gasteiger partial charge in [0.25, 0.3) is 5.91 Å². The van der Waals surface area contributed by atoms with Crippen LogP contribution in [-0.2, 0) is 6.54 Å². The van der Waals surface area contributed by atoms with Gasteiger partial charge in [0.05, 0.1) is 0 Å². The molecule has 2 aliphatic heterocycles. The van der Waals surface area contributed by atoms with Gasteiger partial charge in [-0.1, -0.05) is 30.3 Å². The molecule has 5 nitrogen and oxygen atoms in total. The lowest BCUT2D eigenvalue weighted by Gasteiger charge is -2.36. The molecule has 0 saturated carbocycles. The fraction of sp³-hybridized carbons (Fsp3) is 0.345. The molecule has 2 heterocycles. The minimum Gasteiger partial charge on any atom is -0.490 e. The first-order valence-corrected chi connectivity index (χ1v) is 12.1. The number of carbonyl (C=O) groups excluding carboxylic acids is 1. The highest BCUT2D eigenvalue weighted by molar-refractivity contribution is 5.94. The number of amides is 1. The van der Waals surface area contributed by atoms with Crippen LogP contribution in [0.5, 0.6) is 17.2 Å². The van der Waals surface area contributed by atoms with Crippen LogP contribution in [0, 0.1) is 0 Å². The Morgan fingerprint density at radius 3 is 2.24 bits per heavy atom. The van der Waals surface area contributed by atoms with Crippen molar-refractivity contribution in [2.45, 2.75) is 50.4 Å². The highest BCUT2D eigenvalue weighted by atomic mass is 16.5. The van der Waals surface area contributed by atoms with E-state index in [-0.39, 0.29) is 12.0 Å². The summed E-state index contributed by atoms with van der Waals surface area (Å²) in [4.78, 5) is 17.2. The molecule has 176 valence electrons. The van der Waals surface area contributed by atoms with Crippen molar-refractivity contribution in [2.24, 2.45) is 0 Å². The summed E-state index contributed by atoms with van der Waals surface area (Å²) in [5.74, 6) is 2.35. The number of benzene rings is 3. The van der Waals surface area contributed by atoms with Crippen molar-refractivity contribution in [1.82, 2.24) is 9.80 Å². The van der Waals surface area contributed by atoms with Gasteiger partial charge in [0, 0.05) is 31.2 Å². The first-order chi connectivity index (χ1) is 16.5. The van der Waals surface area contributed by atoms with E-state index >= 15 is 0 Å². The first kappa shape index (κ1) is 22.5. The van der Waals surface area contributed by atoms with E-state index in [4.69, 9.17) is 9.47 Å². The zero-order chi connectivity index (χ0) is 23.5. The van der Waals surface area contributed by atoms with E-state index < -0.39 is 0 Å². The average molecular weight is 457 g/mol. The van der Waals surface area contributed by atoms with Crippen molar-refractivity contribution in [3.63, 3.8) is 0 Å². The lowest BCUT2D eigenvalue weighted by molar-refractivity contribution is 0.0659. The second-order valence-electron chi connectivity index (χ2n) is 9.51. The average Bonchev–Trinajstić information content (AvgIpc) is 3.05. The molecule has 2 saturated heterocycles. The van der Waals surface area contributed by atoms with Crippen molar-refractivity contribution in [2.75, 3.05) is 14.1 Å². The number of piperidine rings is 1. The Morgan fingerprint density at radius 1 is 0.882 bits per heavy atom. The molecule has 0 unspecified atom stereocenters. The summed E-state index contributed by atoms with van der Waals surface area (Å²) < 4.78 is 12.2. The monoisotopic (exact) mass is 456 g/mol. The molecule has 3 atom stereocenters. The molecule has 2 bridgehead atoms. The fourth-order valence-corrected chi connectivity index (χ4v) is 5.22. The Hall–Kier alpha value is -3.31. The molecule has 5 rings (SSSR count). The number of hydrogen-bond donors (Lipinski definition) is 0.